The normalized spacial score (nSPS) is 17.9. The number of nitrogens with two attached hydrogens (primary N) is 1. The van der Waals surface area contributed by atoms with Gasteiger partial charge >= 0.3 is 0 Å². The van der Waals surface area contributed by atoms with E-state index in [9.17, 15) is 19.2 Å². The van der Waals surface area contributed by atoms with Gasteiger partial charge in [-0.25, -0.2) is 0 Å². The number of nitrogens with one attached hydrogen (secondary N) is 3. The van der Waals surface area contributed by atoms with Gasteiger partial charge in [0, 0.05) is 46.5 Å². The van der Waals surface area contributed by atoms with Crippen LogP contribution in [0.25, 0.3) is 0 Å². The summed E-state index contributed by atoms with van der Waals surface area (Å²) in [7, 11) is 6.62. The van der Waals surface area contributed by atoms with Gasteiger partial charge in [0.1, 0.15) is 6.04 Å². The standard InChI is InChI=1S/C39H60N6O6/c1-8-26(2)36(44(5)35(47)25-41-4)33(50-6)24-34(46)45-22-12-15-32(45)37(51-7)27(3)38(48)43-31(23-29-13-10-9-11-14-29)39(49)42-21-20-28-16-18-30(40)19-17-28/h9-11,13-14,16-19,26-27,31-33,36-37,41H,8,12,15,20-25,40H2,1-7H3,(H,42,49)(H,43,48). The van der Waals surface area contributed by atoms with Crippen LogP contribution in [0.1, 0.15) is 57.6 Å². The van der Waals surface area contributed by atoms with Crippen LogP contribution in [-0.2, 0) is 41.5 Å². The average molecular weight is 709 g/mol. The number of amides is 4. The number of carbonyl (C=O) groups excluding carboxylic acids is 4. The second kappa shape index (κ2) is 20.8. The minimum Gasteiger partial charge on any atom is -0.399 e. The number of nitrogen functional groups attached to an aromatic ring is 1. The van der Waals surface area contributed by atoms with Crippen molar-refractivity contribution in [3.05, 3.63) is 65.7 Å². The van der Waals surface area contributed by atoms with Crippen LogP contribution in [0.15, 0.2) is 54.6 Å². The van der Waals surface area contributed by atoms with Crippen molar-refractivity contribution in [2.45, 2.75) is 89.6 Å². The summed E-state index contributed by atoms with van der Waals surface area (Å²) in [4.78, 5) is 57.7. The van der Waals surface area contributed by atoms with E-state index in [1.807, 2.05) is 54.6 Å². The molecule has 1 fully saturated rings. The predicted octanol–water partition coefficient (Wildman–Crippen LogP) is 2.79. The third-order valence-corrected chi connectivity index (χ3v) is 10.2. The zero-order valence-corrected chi connectivity index (χ0v) is 31.5. The van der Waals surface area contributed by atoms with Crippen LogP contribution in [-0.4, -0.2) is 112 Å². The molecule has 0 saturated carbocycles. The molecule has 0 aliphatic carbocycles. The SMILES string of the molecule is CCC(C)C(C(CC(=O)N1CCCC1C(OC)C(C)C(=O)NC(Cc1ccccc1)C(=O)NCCc1ccc(N)cc1)OC)N(C)C(=O)CNC. The van der Waals surface area contributed by atoms with Gasteiger partial charge in [-0.15, -0.1) is 0 Å². The third-order valence-electron chi connectivity index (χ3n) is 10.2. The van der Waals surface area contributed by atoms with E-state index >= 15 is 0 Å². The molecule has 1 aliphatic heterocycles. The van der Waals surface area contributed by atoms with Gasteiger partial charge in [-0.1, -0.05) is 69.7 Å². The molecule has 12 heteroatoms. The first-order chi connectivity index (χ1) is 24.4. The number of likely N-dealkylation sites (tertiary alicyclic amines) is 1. The van der Waals surface area contributed by atoms with E-state index in [4.69, 9.17) is 15.2 Å². The smallest absolute Gasteiger partial charge is 0.242 e. The highest BCUT2D eigenvalue weighted by Gasteiger charge is 2.42. The Hall–Kier alpha value is -4.00. The Morgan fingerprint density at radius 1 is 0.980 bits per heavy atom. The van der Waals surface area contributed by atoms with Gasteiger partial charge in [0.15, 0.2) is 0 Å². The Bertz CT molecular complexity index is 1390. The topological polar surface area (TPSA) is 155 Å². The summed E-state index contributed by atoms with van der Waals surface area (Å²) in [5.41, 5.74) is 8.44. The van der Waals surface area contributed by atoms with Crippen LogP contribution < -0.4 is 21.7 Å². The number of hydrogen-bond donors (Lipinski definition) is 4. The van der Waals surface area contributed by atoms with Gasteiger partial charge in [0.2, 0.25) is 23.6 Å². The monoisotopic (exact) mass is 708 g/mol. The number of hydrogen-bond acceptors (Lipinski definition) is 8. The number of methoxy groups -OCH3 is 2. The Morgan fingerprint density at radius 2 is 1.67 bits per heavy atom. The first-order valence-electron chi connectivity index (χ1n) is 18.2. The molecule has 282 valence electrons. The average Bonchev–Trinajstić information content (AvgIpc) is 3.62. The summed E-state index contributed by atoms with van der Waals surface area (Å²) in [5.74, 6) is -1.35. The molecule has 0 aromatic heterocycles. The fraction of sp³-hybridized carbons (Fsp3) is 0.590. The molecule has 2 aromatic rings. The second-order valence-corrected chi connectivity index (χ2v) is 13.7. The van der Waals surface area contributed by atoms with E-state index in [2.05, 4.69) is 29.8 Å². The molecular weight excluding hydrogens is 648 g/mol. The highest BCUT2D eigenvalue weighted by atomic mass is 16.5. The Kier molecular flexibility index (Phi) is 16.9. The van der Waals surface area contributed by atoms with Crippen LogP contribution in [0.4, 0.5) is 5.69 Å². The molecule has 12 nitrogen and oxygen atoms in total. The molecule has 1 aliphatic rings. The molecule has 7 unspecified atom stereocenters. The molecule has 1 heterocycles. The molecule has 0 radical (unpaired) electrons. The first-order valence-corrected chi connectivity index (χ1v) is 18.2. The maximum atomic E-state index is 14.0. The molecule has 51 heavy (non-hydrogen) atoms. The minimum atomic E-state index is -0.810. The fourth-order valence-corrected chi connectivity index (χ4v) is 7.10. The Balaban J connectivity index is 1.72. The molecule has 4 amide bonds. The van der Waals surface area contributed by atoms with Crippen LogP contribution in [0, 0.1) is 11.8 Å². The van der Waals surface area contributed by atoms with Crippen molar-refractivity contribution >= 4 is 29.3 Å². The van der Waals surface area contributed by atoms with Crippen LogP contribution in [0.2, 0.25) is 0 Å². The third kappa shape index (κ3) is 11.8. The lowest BCUT2D eigenvalue weighted by Crippen LogP contribution is -2.55. The van der Waals surface area contributed by atoms with Gasteiger partial charge < -0.3 is 41.0 Å². The van der Waals surface area contributed by atoms with Crippen molar-refractivity contribution in [3.63, 3.8) is 0 Å². The van der Waals surface area contributed by atoms with Crippen molar-refractivity contribution < 1.29 is 28.7 Å². The maximum absolute atomic E-state index is 14.0. The highest BCUT2D eigenvalue weighted by molar-refractivity contribution is 5.89. The van der Waals surface area contributed by atoms with E-state index in [-0.39, 0.29) is 54.6 Å². The number of ether oxygens (including phenoxy) is 2. The number of rotatable bonds is 20. The van der Waals surface area contributed by atoms with E-state index in [0.29, 0.717) is 38.0 Å². The Morgan fingerprint density at radius 3 is 2.27 bits per heavy atom. The number of benzene rings is 2. The minimum absolute atomic E-state index is 0.0725. The molecule has 1 saturated heterocycles. The highest BCUT2D eigenvalue weighted by Crippen LogP contribution is 2.29. The van der Waals surface area contributed by atoms with Crippen molar-refractivity contribution in [2.75, 3.05) is 53.7 Å². The van der Waals surface area contributed by atoms with Gasteiger partial charge in [-0.2, -0.15) is 0 Å². The lowest BCUT2D eigenvalue weighted by molar-refractivity contribution is -0.145. The lowest BCUT2D eigenvalue weighted by atomic mass is 9.90. The van der Waals surface area contributed by atoms with Crippen LogP contribution in [0.3, 0.4) is 0 Å². The van der Waals surface area contributed by atoms with Crippen molar-refractivity contribution in [1.82, 2.24) is 25.8 Å². The molecule has 7 atom stereocenters. The lowest BCUT2D eigenvalue weighted by Gasteiger charge is -2.39. The van der Waals surface area contributed by atoms with Crippen molar-refractivity contribution in [3.8, 4) is 0 Å². The summed E-state index contributed by atoms with van der Waals surface area (Å²) >= 11 is 0. The largest absolute Gasteiger partial charge is 0.399 e. The number of nitrogens with zero attached hydrogens (tertiary/aromatic N) is 2. The van der Waals surface area contributed by atoms with Gasteiger partial charge in [0.05, 0.1) is 43.2 Å². The van der Waals surface area contributed by atoms with Crippen molar-refractivity contribution in [2.24, 2.45) is 11.8 Å². The van der Waals surface area contributed by atoms with E-state index < -0.39 is 24.2 Å². The molecule has 2 aromatic carbocycles. The van der Waals surface area contributed by atoms with E-state index in [0.717, 1.165) is 24.0 Å². The summed E-state index contributed by atoms with van der Waals surface area (Å²) in [6.07, 6.45) is 2.17. The molecular formula is C39H60N6O6. The number of carbonyl (C=O) groups is 4. The zero-order chi connectivity index (χ0) is 37.5. The zero-order valence-electron chi connectivity index (χ0n) is 31.5. The van der Waals surface area contributed by atoms with E-state index in [1.165, 1.54) is 0 Å². The maximum Gasteiger partial charge on any atom is 0.242 e. The summed E-state index contributed by atoms with van der Waals surface area (Å²) in [6, 6.07) is 15.6. The second-order valence-electron chi connectivity index (χ2n) is 13.7. The number of likely N-dealkylation sites (N-methyl/N-ethyl adjacent to an activating group) is 2. The number of anilines is 1. The van der Waals surface area contributed by atoms with Gasteiger partial charge in [0.25, 0.3) is 0 Å². The molecule has 0 bridgehead atoms. The van der Waals surface area contributed by atoms with Crippen LogP contribution >= 0.6 is 0 Å². The Labute approximate surface area is 304 Å². The van der Waals surface area contributed by atoms with Gasteiger partial charge in [-0.05, 0) is 55.5 Å². The summed E-state index contributed by atoms with van der Waals surface area (Å²) in [5, 5.41) is 8.90. The quantitative estimate of drug-likeness (QED) is 0.153. The summed E-state index contributed by atoms with van der Waals surface area (Å²) < 4.78 is 11.9. The molecule has 0 spiro atoms. The fourth-order valence-electron chi connectivity index (χ4n) is 7.10. The molecule has 3 rings (SSSR count). The van der Waals surface area contributed by atoms with Crippen LogP contribution in [0.5, 0.6) is 0 Å². The molecule has 5 N–H and O–H groups in total. The van der Waals surface area contributed by atoms with Crippen molar-refractivity contribution in [1.29, 1.82) is 0 Å². The predicted molar refractivity (Wildman–Crippen MR) is 200 cm³/mol. The summed E-state index contributed by atoms with van der Waals surface area (Å²) in [6.45, 7) is 7.03. The van der Waals surface area contributed by atoms with E-state index in [1.54, 1.807) is 45.0 Å². The van der Waals surface area contributed by atoms with Gasteiger partial charge in [-0.3, -0.25) is 19.2 Å². The first kappa shape index (κ1) is 41.4.